The Hall–Kier alpha value is -0.600. The Morgan fingerprint density at radius 3 is 2.92 bits per heavy atom. The highest BCUT2D eigenvalue weighted by atomic mass is 35.5. The normalized spacial score (nSPS) is 24.0. The lowest BCUT2D eigenvalue weighted by Crippen LogP contribution is -1.93. The van der Waals surface area contributed by atoms with Crippen molar-refractivity contribution in [2.75, 3.05) is 6.61 Å². The molecule has 0 amide bonds. The summed E-state index contributed by atoms with van der Waals surface area (Å²) in [6.07, 6.45) is 4.95. The van der Waals surface area contributed by atoms with E-state index in [1.165, 1.54) is 6.08 Å². The van der Waals surface area contributed by atoms with Crippen LogP contribution < -0.4 is 0 Å². The van der Waals surface area contributed by atoms with Gasteiger partial charge >= 0.3 is 0 Å². The largest absolute Gasteiger partial charge is 0.392 e. The minimum atomic E-state index is -0.528. The Labute approximate surface area is 75.8 Å². The summed E-state index contributed by atoms with van der Waals surface area (Å²) in [4.78, 5) is 0. The van der Waals surface area contributed by atoms with Gasteiger partial charge in [-0.25, -0.2) is 4.39 Å². The molecule has 0 fully saturated rings. The van der Waals surface area contributed by atoms with Gasteiger partial charge in [0.25, 0.3) is 0 Å². The molecule has 0 radical (unpaired) electrons. The SMILES string of the molecule is C[C@@H]1C=CC(Cl)=C(F)C(CO)=C1. The van der Waals surface area contributed by atoms with E-state index in [0.29, 0.717) is 0 Å². The van der Waals surface area contributed by atoms with E-state index in [-0.39, 0.29) is 23.1 Å². The number of hydrogen-bond acceptors (Lipinski definition) is 1. The van der Waals surface area contributed by atoms with Crippen LogP contribution in [0.15, 0.2) is 34.7 Å². The maximum atomic E-state index is 13.1. The molecule has 1 atom stereocenters. The number of hydrogen-bond donors (Lipinski definition) is 1. The van der Waals surface area contributed by atoms with Gasteiger partial charge in [0.15, 0.2) is 0 Å². The molecule has 0 aromatic rings. The highest BCUT2D eigenvalue weighted by Crippen LogP contribution is 2.25. The van der Waals surface area contributed by atoms with Crippen LogP contribution in [0.4, 0.5) is 4.39 Å². The van der Waals surface area contributed by atoms with Gasteiger partial charge in [0.1, 0.15) is 5.83 Å². The lowest BCUT2D eigenvalue weighted by Gasteiger charge is -2.01. The van der Waals surface area contributed by atoms with Gasteiger partial charge < -0.3 is 5.11 Å². The second-order valence-corrected chi connectivity index (χ2v) is 3.14. The maximum absolute atomic E-state index is 13.1. The standard InChI is InChI=1S/C9H10ClFO/c1-6-2-3-8(10)9(11)7(4-6)5-12/h2-4,6,12H,5H2,1H3/t6-/m1/s1. The quantitative estimate of drug-likeness (QED) is 0.671. The molecule has 0 aromatic carbocycles. The highest BCUT2D eigenvalue weighted by molar-refractivity contribution is 6.31. The van der Waals surface area contributed by atoms with Crippen molar-refractivity contribution in [3.05, 3.63) is 34.7 Å². The molecule has 0 saturated carbocycles. The molecule has 1 aliphatic carbocycles. The first-order valence-corrected chi connectivity index (χ1v) is 4.08. The lowest BCUT2D eigenvalue weighted by molar-refractivity contribution is 0.327. The fourth-order valence-corrected chi connectivity index (χ4v) is 1.23. The Morgan fingerprint density at radius 1 is 1.67 bits per heavy atom. The summed E-state index contributed by atoms with van der Waals surface area (Å²) >= 11 is 5.58. The van der Waals surface area contributed by atoms with Crippen LogP contribution in [0.5, 0.6) is 0 Å². The van der Waals surface area contributed by atoms with Crippen molar-refractivity contribution < 1.29 is 9.50 Å². The topological polar surface area (TPSA) is 20.2 Å². The zero-order valence-corrected chi connectivity index (χ0v) is 7.48. The molecule has 1 aliphatic rings. The predicted octanol–water partition coefficient (Wildman–Crippen LogP) is 2.53. The second kappa shape index (κ2) is 3.87. The van der Waals surface area contributed by atoms with Gasteiger partial charge in [0.2, 0.25) is 0 Å². The lowest BCUT2D eigenvalue weighted by atomic mass is 10.1. The van der Waals surface area contributed by atoms with Crippen LogP contribution in [0.25, 0.3) is 0 Å². The van der Waals surface area contributed by atoms with Crippen LogP contribution >= 0.6 is 11.6 Å². The number of rotatable bonds is 1. The fourth-order valence-electron chi connectivity index (χ4n) is 1.03. The summed E-state index contributed by atoms with van der Waals surface area (Å²) in [6, 6.07) is 0. The number of aliphatic hydroxyl groups is 1. The molecule has 1 rings (SSSR count). The first-order chi connectivity index (χ1) is 5.65. The van der Waals surface area contributed by atoms with E-state index in [1.54, 1.807) is 12.2 Å². The summed E-state index contributed by atoms with van der Waals surface area (Å²) in [5.41, 5.74) is 0.262. The summed E-state index contributed by atoms with van der Waals surface area (Å²) < 4.78 is 13.1. The molecule has 12 heavy (non-hydrogen) atoms. The molecular formula is C9H10ClFO. The minimum absolute atomic E-state index is 0.0552. The first kappa shape index (κ1) is 9.49. The first-order valence-electron chi connectivity index (χ1n) is 3.70. The molecule has 0 unspecified atom stereocenters. The summed E-state index contributed by atoms with van der Waals surface area (Å²) in [5, 5.41) is 8.85. The van der Waals surface area contributed by atoms with E-state index in [2.05, 4.69) is 0 Å². The highest BCUT2D eigenvalue weighted by Gasteiger charge is 2.11. The van der Waals surface area contributed by atoms with Crippen molar-refractivity contribution in [1.29, 1.82) is 0 Å². The Morgan fingerprint density at radius 2 is 2.33 bits per heavy atom. The maximum Gasteiger partial charge on any atom is 0.146 e. The van der Waals surface area contributed by atoms with Crippen molar-refractivity contribution in [3.8, 4) is 0 Å². The van der Waals surface area contributed by atoms with Gasteiger partial charge in [0.05, 0.1) is 11.6 Å². The Bertz CT molecular complexity index is 266. The van der Waals surface area contributed by atoms with Crippen LogP contribution in [0.3, 0.4) is 0 Å². The van der Waals surface area contributed by atoms with E-state index in [1.807, 2.05) is 6.92 Å². The van der Waals surface area contributed by atoms with Gasteiger partial charge in [-0.15, -0.1) is 0 Å². The van der Waals surface area contributed by atoms with Gasteiger partial charge in [-0.1, -0.05) is 30.7 Å². The molecule has 3 heteroatoms. The Balaban J connectivity index is 3.05. The number of aliphatic hydroxyl groups excluding tert-OH is 1. The van der Waals surface area contributed by atoms with Crippen LogP contribution in [-0.4, -0.2) is 11.7 Å². The van der Waals surface area contributed by atoms with Crippen LogP contribution in [0.1, 0.15) is 6.92 Å². The predicted molar refractivity (Wildman–Crippen MR) is 47.5 cm³/mol. The van der Waals surface area contributed by atoms with Gasteiger partial charge in [-0.3, -0.25) is 0 Å². The van der Waals surface area contributed by atoms with Crippen LogP contribution in [0, 0.1) is 5.92 Å². The summed E-state index contributed by atoms with van der Waals surface area (Å²) in [6.45, 7) is 1.59. The molecule has 0 heterocycles. The molecule has 0 aliphatic heterocycles. The van der Waals surface area contributed by atoms with Crippen molar-refractivity contribution in [1.82, 2.24) is 0 Å². The smallest absolute Gasteiger partial charge is 0.146 e. The van der Waals surface area contributed by atoms with Gasteiger partial charge in [-0.2, -0.15) is 0 Å². The van der Waals surface area contributed by atoms with Crippen molar-refractivity contribution in [2.45, 2.75) is 6.92 Å². The number of halogens is 2. The van der Waals surface area contributed by atoms with Crippen LogP contribution in [0.2, 0.25) is 0 Å². The van der Waals surface area contributed by atoms with Gasteiger partial charge in [0, 0.05) is 5.57 Å². The van der Waals surface area contributed by atoms with E-state index < -0.39 is 5.83 Å². The molecule has 0 aromatic heterocycles. The molecule has 0 spiro atoms. The van der Waals surface area contributed by atoms with E-state index >= 15 is 0 Å². The zero-order valence-electron chi connectivity index (χ0n) is 6.72. The average molecular weight is 189 g/mol. The second-order valence-electron chi connectivity index (χ2n) is 2.73. The van der Waals surface area contributed by atoms with Gasteiger partial charge in [-0.05, 0) is 12.0 Å². The monoisotopic (exact) mass is 188 g/mol. The molecule has 1 N–H and O–H groups in total. The average Bonchev–Trinajstić information content (AvgIpc) is 2.18. The van der Waals surface area contributed by atoms with E-state index in [9.17, 15) is 4.39 Å². The van der Waals surface area contributed by atoms with E-state index in [0.717, 1.165) is 0 Å². The summed E-state index contributed by atoms with van der Waals surface area (Å²) in [5.74, 6) is -0.422. The zero-order chi connectivity index (χ0) is 9.14. The third-order valence-corrected chi connectivity index (χ3v) is 1.96. The number of allylic oxidation sites excluding steroid dienone is 4. The third kappa shape index (κ3) is 1.96. The third-order valence-electron chi connectivity index (χ3n) is 1.67. The minimum Gasteiger partial charge on any atom is -0.392 e. The molecule has 0 bridgehead atoms. The molecular weight excluding hydrogens is 179 g/mol. The molecule has 66 valence electrons. The van der Waals surface area contributed by atoms with Crippen molar-refractivity contribution >= 4 is 11.6 Å². The molecule has 1 nitrogen and oxygen atoms in total. The Kier molecular flexibility index (Phi) is 3.06. The van der Waals surface area contributed by atoms with E-state index in [4.69, 9.17) is 16.7 Å². The fraction of sp³-hybridized carbons (Fsp3) is 0.333. The summed E-state index contributed by atoms with van der Waals surface area (Å²) in [7, 11) is 0. The molecule has 0 saturated heterocycles. The van der Waals surface area contributed by atoms with Crippen molar-refractivity contribution in [2.24, 2.45) is 5.92 Å². The van der Waals surface area contributed by atoms with Crippen molar-refractivity contribution in [3.63, 3.8) is 0 Å². The van der Waals surface area contributed by atoms with Crippen LogP contribution in [-0.2, 0) is 0 Å².